The van der Waals surface area contributed by atoms with Gasteiger partial charge in [0.2, 0.25) is 0 Å². The third kappa shape index (κ3) is 3.50. The molecule has 0 saturated heterocycles. The summed E-state index contributed by atoms with van der Waals surface area (Å²) in [5, 5.41) is 0.759. The van der Waals surface area contributed by atoms with Crippen LogP contribution in [-0.4, -0.2) is 23.3 Å². The van der Waals surface area contributed by atoms with E-state index in [0.29, 0.717) is 6.61 Å². The first-order valence-corrected chi connectivity index (χ1v) is 7.18. The summed E-state index contributed by atoms with van der Waals surface area (Å²) >= 11 is 3.46. The van der Waals surface area contributed by atoms with Crippen molar-refractivity contribution in [1.82, 2.24) is 9.55 Å². The second kappa shape index (κ2) is 6.61. The van der Waals surface area contributed by atoms with Crippen molar-refractivity contribution in [3.8, 4) is 11.5 Å². The van der Waals surface area contributed by atoms with Crippen LogP contribution in [0, 0.1) is 0 Å². The third-order valence-corrected chi connectivity index (χ3v) is 3.53. The maximum Gasteiger partial charge on any atom is 0.127 e. The molecule has 0 spiro atoms. The van der Waals surface area contributed by atoms with Crippen molar-refractivity contribution >= 4 is 15.9 Å². The number of aryl methyl sites for hydroxylation is 1. The molecule has 0 aliphatic rings. The van der Waals surface area contributed by atoms with E-state index in [9.17, 15) is 0 Å². The van der Waals surface area contributed by atoms with Crippen molar-refractivity contribution in [2.24, 2.45) is 7.05 Å². The van der Waals surface area contributed by atoms with E-state index in [4.69, 9.17) is 9.47 Å². The Morgan fingerprint density at radius 3 is 2.84 bits per heavy atom. The SMILES string of the molecule is COc1ccc(CBr)c(OCCc2nccn2C)c1. The van der Waals surface area contributed by atoms with Crippen LogP contribution in [0.15, 0.2) is 30.6 Å². The predicted molar refractivity (Wildman–Crippen MR) is 78.0 cm³/mol. The van der Waals surface area contributed by atoms with E-state index < -0.39 is 0 Å². The lowest BCUT2D eigenvalue weighted by atomic mass is 10.2. The zero-order valence-electron chi connectivity index (χ0n) is 11.1. The maximum absolute atomic E-state index is 5.84. The van der Waals surface area contributed by atoms with Crippen LogP contribution in [0.3, 0.4) is 0 Å². The first-order chi connectivity index (χ1) is 9.24. The van der Waals surface area contributed by atoms with Crippen molar-refractivity contribution in [3.63, 3.8) is 0 Å². The quantitative estimate of drug-likeness (QED) is 0.766. The van der Waals surface area contributed by atoms with Crippen molar-refractivity contribution < 1.29 is 9.47 Å². The molecule has 4 nitrogen and oxygen atoms in total. The molecule has 1 aromatic carbocycles. The number of rotatable bonds is 6. The zero-order chi connectivity index (χ0) is 13.7. The molecule has 2 rings (SSSR count). The Bertz CT molecular complexity index is 540. The molecular formula is C14H17BrN2O2. The Hall–Kier alpha value is -1.49. The molecule has 0 radical (unpaired) electrons. The Morgan fingerprint density at radius 1 is 1.37 bits per heavy atom. The molecule has 0 aliphatic carbocycles. The molecule has 1 aromatic heterocycles. The summed E-state index contributed by atoms with van der Waals surface area (Å²) in [6.45, 7) is 0.595. The van der Waals surface area contributed by atoms with Crippen LogP contribution in [0.1, 0.15) is 11.4 Å². The molecule has 5 heteroatoms. The Morgan fingerprint density at radius 2 is 2.21 bits per heavy atom. The van der Waals surface area contributed by atoms with Gasteiger partial charge in [-0.3, -0.25) is 0 Å². The van der Waals surface area contributed by atoms with Crippen LogP contribution in [0.2, 0.25) is 0 Å². The van der Waals surface area contributed by atoms with Gasteiger partial charge in [-0.1, -0.05) is 22.0 Å². The predicted octanol–water partition coefficient (Wildman–Crippen LogP) is 2.95. The standard InChI is InChI=1S/C14H17BrN2O2/c1-17-7-6-16-14(17)5-8-19-13-9-12(18-2)4-3-11(13)10-15/h3-4,6-7,9H,5,8,10H2,1-2H3. The fraction of sp³-hybridized carbons (Fsp3) is 0.357. The van der Waals surface area contributed by atoms with E-state index in [0.717, 1.165) is 34.6 Å². The summed E-state index contributed by atoms with van der Waals surface area (Å²) in [5.41, 5.74) is 1.11. The summed E-state index contributed by atoms with van der Waals surface area (Å²) < 4.78 is 13.0. The number of methoxy groups -OCH3 is 1. The van der Waals surface area contributed by atoms with E-state index >= 15 is 0 Å². The van der Waals surface area contributed by atoms with Gasteiger partial charge in [0.15, 0.2) is 0 Å². The highest BCUT2D eigenvalue weighted by atomic mass is 79.9. The van der Waals surface area contributed by atoms with Gasteiger partial charge in [0.05, 0.1) is 13.7 Å². The van der Waals surface area contributed by atoms with Gasteiger partial charge in [-0.05, 0) is 6.07 Å². The van der Waals surface area contributed by atoms with Gasteiger partial charge in [-0.15, -0.1) is 0 Å². The highest BCUT2D eigenvalue weighted by Gasteiger charge is 2.06. The van der Waals surface area contributed by atoms with Crippen LogP contribution < -0.4 is 9.47 Å². The average Bonchev–Trinajstić information content (AvgIpc) is 2.84. The number of aromatic nitrogens is 2. The average molecular weight is 325 g/mol. The zero-order valence-corrected chi connectivity index (χ0v) is 12.7. The van der Waals surface area contributed by atoms with Crippen molar-refractivity contribution in [3.05, 3.63) is 42.0 Å². The smallest absolute Gasteiger partial charge is 0.127 e. The molecule has 1 heterocycles. The van der Waals surface area contributed by atoms with Gasteiger partial charge >= 0.3 is 0 Å². The lowest BCUT2D eigenvalue weighted by Gasteiger charge is -2.11. The maximum atomic E-state index is 5.84. The van der Waals surface area contributed by atoms with Gasteiger partial charge in [0.25, 0.3) is 0 Å². The molecule has 0 atom stereocenters. The van der Waals surface area contributed by atoms with Crippen LogP contribution in [0.4, 0.5) is 0 Å². The summed E-state index contributed by atoms with van der Waals surface area (Å²) in [7, 11) is 3.64. The molecule has 0 amide bonds. The minimum absolute atomic E-state index is 0.595. The number of benzene rings is 1. The molecule has 0 fully saturated rings. The first-order valence-electron chi connectivity index (χ1n) is 6.06. The number of hydrogen-bond acceptors (Lipinski definition) is 3. The lowest BCUT2D eigenvalue weighted by molar-refractivity contribution is 0.312. The molecule has 0 saturated carbocycles. The summed E-state index contributed by atoms with van der Waals surface area (Å²) in [4.78, 5) is 4.27. The number of alkyl halides is 1. The van der Waals surface area contributed by atoms with Crippen molar-refractivity contribution in [2.45, 2.75) is 11.8 Å². The highest BCUT2D eigenvalue weighted by molar-refractivity contribution is 9.08. The number of nitrogens with zero attached hydrogens (tertiary/aromatic N) is 2. The Balaban J connectivity index is 2.00. The van der Waals surface area contributed by atoms with E-state index in [-0.39, 0.29) is 0 Å². The topological polar surface area (TPSA) is 36.3 Å². The second-order valence-corrected chi connectivity index (χ2v) is 4.72. The minimum Gasteiger partial charge on any atom is -0.497 e. The molecule has 102 valence electrons. The molecule has 19 heavy (non-hydrogen) atoms. The third-order valence-electron chi connectivity index (χ3n) is 2.92. The monoisotopic (exact) mass is 324 g/mol. The largest absolute Gasteiger partial charge is 0.497 e. The van der Waals surface area contributed by atoms with Gasteiger partial charge in [-0.2, -0.15) is 0 Å². The van der Waals surface area contributed by atoms with Gasteiger partial charge in [0.1, 0.15) is 17.3 Å². The van der Waals surface area contributed by atoms with Crippen molar-refractivity contribution in [1.29, 1.82) is 0 Å². The first kappa shape index (κ1) is 13.9. The van der Waals surface area contributed by atoms with Gasteiger partial charge in [0, 0.05) is 42.8 Å². The molecule has 2 aromatic rings. The minimum atomic E-state index is 0.595. The van der Waals surface area contributed by atoms with Crippen molar-refractivity contribution in [2.75, 3.05) is 13.7 Å². The molecule has 0 unspecified atom stereocenters. The van der Waals surface area contributed by atoms with E-state index in [1.807, 2.05) is 36.0 Å². The van der Waals surface area contributed by atoms with Gasteiger partial charge < -0.3 is 14.0 Å². The number of hydrogen-bond donors (Lipinski definition) is 0. The second-order valence-electron chi connectivity index (χ2n) is 4.16. The molecule has 0 N–H and O–H groups in total. The number of halogens is 1. The molecule has 0 bridgehead atoms. The van der Waals surface area contributed by atoms with E-state index in [1.54, 1.807) is 13.3 Å². The number of imidazole rings is 1. The lowest BCUT2D eigenvalue weighted by Crippen LogP contribution is -2.07. The van der Waals surface area contributed by atoms with E-state index in [2.05, 4.69) is 20.9 Å². The Kier molecular flexibility index (Phi) is 4.85. The Labute approximate surface area is 121 Å². The van der Waals surface area contributed by atoms with E-state index in [1.165, 1.54) is 0 Å². The van der Waals surface area contributed by atoms with Crippen LogP contribution in [-0.2, 0) is 18.8 Å². The summed E-state index contributed by atoms with van der Waals surface area (Å²) in [5.74, 6) is 2.67. The normalized spacial score (nSPS) is 10.5. The van der Waals surface area contributed by atoms with Crippen LogP contribution in [0.5, 0.6) is 11.5 Å². The molecular weight excluding hydrogens is 308 g/mol. The fourth-order valence-electron chi connectivity index (χ4n) is 1.80. The number of ether oxygens (including phenoxy) is 2. The fourth-order valence-corrected chi connectivity index (χ4v) is 2.26. The highest BCUT2D eigenvalue weighted by Crippen LogP contribution is 2.26. The van der Waals surface area contributed by atoms with Gasteiger partial charge in [-0.25, -0.2) is 4.98 Å². The summed E-state index contributed by atoms with van der Waals surface area (Å²) in [6.07, 6.45) is 4.51. The molecule has 0 aliphatic heterocycles. The van der Waals surface area contributed by atoms with Crippen LogP contribution in [0.25, 0.3) is 0 Å². The summed E-state index contributed by atoms with van der Waals surface area (Å²) in [6, 6.07) is 5.85. The van der Waals surface area contributed by atoms with Crippen LogP contribution >= 0.6 is 15.9 Å².